The number of halogens is 4. The molecule has 0 atom stereocenters. The van der Waals surface area contributed by atoms with Crippen LogP contribution in [-0.4, -0.2) is 3.25 Å². The van der Waals surface area contributed by atoms with Crippen molar-refractivity contribution in [3.8, 4) is 0 Å². The van der Waals surface area contributed by atoms with Gasteiger partial charge in [-0.15, -0.1) is 0 Å². The number of rotatable bonds is 0. The van der Waals surface area contributed by atoms with Gasteiger partial charge in [0.25, 0.3) is 3.25 Å². The summed E-state index contributed by atoms with van der Waals surface area (Å²) in [5.74, 6) is 0. The maximum atomic E-state index is 4.83. The third-order valence-electron chi connectivity index (χ3n) is 2.33. The Labute approximate surface area is 145 Å². The van der Waals surface area contributed by atoms with E-state index < -0.39 is 3.25 Å². The summed E-state index contributed by atoms with van der Waals surface area (Å²) < 4.78 is -1.61. The monoisotopic (exact) mass is 358 g/mol. The van der Waals surface area contributed by atoms with E-state index in [0.717, 1.165) is 0 Å². The molecule has 0 unspecified atom stereocenters. The molecule has 0 amide bonds. The Balaban J connectivity index is 0.000000173. The number of benzene rings is 3. The minimum atomic E-state index is -1.61. The molecular formula is C17H14Cl4. The second-order valence-electron chi connectivity index (χ2n) is 3.93. The van der Waals surface area contributed by atoms with Gasteiger partial charge in [-0.25, -0.2) is 0 Å². The van der Waals surface area contributed by atoms with Crippen molar-refractivity contribution in [2.45, 2.75) is 3.25 Å². The zero-order valence-corrected chi connectivity index (χ0v) is 14.1. The summed E-state index contributed by atoms with van der Waals surface area (Å²) in [4.78, 5) is 0. The first-order chi connectivity index (χ1) is 9.97. The van der Waals surface area contributed by atoms with Crippen molar-refractivity contribution in [2.24, 2.45) is 0 Å². The molecule has 0 spiro atoms. The van der Waals surface area contributed by atoms with E-state index in [1.54, 1.807) is 0 Å². The Morgan fingerprint density at radius 3 is 0.810 bits per heavy atom. The Hall–Kier alpha value is -0.920. The molecule has 0 nitrogen and oxygen atoms in total. The zero-order chi connectivity index (χ0) is 15.6. The summed E-state index contributed by atoms with van der Waals surface area (Å²) in [5.41, 5.74) is 0. The minimum absolute atomic E-state index is 1.31. The van der Waals surface area contributed by atoms with Gasteiger partial charge in [0.2, 0.25) is 0 Å². The summed E-state index contributed by atoms with van der Waals surface area (Å²) in [7, 11) is 0. The third-order valence-corrected chi connectivity index (χ3v) is 2.33. The lowest BCUT2D eigenvalue weighted by atomic mass is 10.1. The summed E-state index contributed by atoms with van der Waals surface area (Å²) in [6, 6.07) is 28.7. The molecule has 4 heteroatoms. The first-order valence-electron chi connectivity index (χ1n) is 6.16. The second kappa shape index (κ2) is 9.92. The summed E-state index contributed by atoms with van der Waals surface area (Å²) in [6.07, 6.45) is 0. The summed E-state index contributed by atoms with van der Waals surface area (Å²) >= 11 is 19.3. The molecule has 21 heavy (non-hydrogen) atoms. The summed E-state index contributed by atoms with van der Waals surface area (Å²) in [6.45, 7) is 0. The highest BCUT2D eigenvalue weighted by Crippen LogP contribution is 2.29. The Bertz CT molecular complexity index is 520. The van der Waals surface area contributed by atoms with Gasteiger partial charge in [-0.2, -0.15) is 0 Å². The van der Waals surface area contributed by atoms with Gasteiger partial charge in [0.15, 0.2) is 0 Å². The SMILES string of the molecule is ClC(Cl)(Cl)Cl.c1ccc2ccccc2c1.c1ccccc1. The number of hydrogen-bond acceptors (Lipinski definition) is 0. The maximum absolute atomic E-state index is 4.83. The molecule has 0 aromatic heterocycles. The fraction of sp³-hybridized carbons (Fsp3) is 0.0588. The minimum Gasteiger partial charge on any atom is -0.0664 e. The van der Waals surface area contributed by atoms with Crippen molar-refractivity contribution in [1.29, 1.82) is 0 Å². The molecule has 0 aliphatic rings. The molecular weight excluding hydrogens is 346 g/mol. The fourth-order valence-electron chi connectivity index (χ4n) is 1.52. The Kier molecular flexibility index (Phi) is 8.56. The highest BCUT2D eigenvalue weighted by Gasteiger charge is 2.11. The van der Waals surface area contributed by atoms with Crippen LogP contribution in [0.5, 0.6) is 0 Å². The molecule has 110 valence electrons. The van der Waals surface area contributed by atoms with E-state index in [-0.39, 0.29) is 0 Å². The largest absolute Gasteiger partial charge is 0.266 e. The second-order valence-corrected chi connectivity index (χ2v) is 7.36. The Morgan fingerprint density at radius 1 is 0.429 bits per heavy atom. The van der Waals surface area contributed by atoms with Crippen LogP contribution < -0.4 is 0 Å². The van der Waals surface area contributed by atoms with Crippen LogP contribution in [0.25, 0.3) is 10.8 Å². The van der Waals surface area contributed by atoms with Gasteiger partial charge in [0.1, 0.15) is 0 Å². The van der Waals surface area contributed by atoms with Crippen LogP contribution in [0.1, 0.15) is 0 Å². The fourth-order valence-corrected chi connectivity index (χ4v) is 1.52. The molecule has 0 aliphatic carbocycles. The van der Waals surface area contributed by atoms with Crippen molar-refractivity contribution in [1.82, 2.24) is 0 Å². The van der Waals surface area contributed by atoms with Crippen LogP contribution in [0.4, 0.5) is 0 Å². The lowest BCUT2D eigenvalue weighted by Gasteiger charge is -1.92. The van der Waals surface area contributed by atoms with Crippen LogP contribution in [0.2, 0.25) is 0 Å². The van der Waals surface area contributed by atoms with E-state index >= 15 is 0 Å². The third kappa shape index (κ3) is 10.4. The predicted octanol–water partition coefficient (Wildman–Crippen LogP) is 7.08. The number of fused-ring (bicyclic) bond motifs is 1. The molecule has 0 saturated carbocycles. The topological polar surface area (TPSA) is 0 Å². The van der Waals surface area contributed by atoms with Crippen molar-refractivity contribution in [3.63, 3.8) is 0 Å². The van der Waals surface area contributed by atoms with Crippen molar-refractivity contribution in [3.05, 3.63) is 84.9 Å². The first kappa shape index (κ1) is 18.1. The molecule has 0 fully saturated rings. The molecule has 0 aliphatic heterocycles. The molecule has 0 saturated heterocycles. The van der Waals surface area contributed by atoms with Crippen LogP contribution in [0.3, 0.4) is 0 Å². The molecule has 3 aromatic rings. The van der Waals surface area contributed by atoms with Crippen molar-refractivity contribution < 1.29 is 0 Å². The molecule has 0 radical (unpaired) electrons. The van der Waals surface area contributed by atoms with Crippen LogP contribution in [-0.2, 0) is 0 Å². The smallest absolute Gasteiger partial charge is 0.0664 e. The van der Waals surface area contributed by atoms with E-state index in [9.17, 15) is 0 Å². The zero-order valence-electron chi connectivity index (χ0n) is 11.1. The van der Waals surface area contributed by atoms with E-state index in [1.807, 2.05) is 36.4 Å². The maximum Gasteiger partial charge on any atom is 0.266 e. The average molecular weight is 360 g/mol. The van der Waals surface area contributed by atoms with Crippen LogP contribution >= 0.6 is 46.4 Å². The van der Waals surface area contributed by atoms with E-state index in [0.29, 0.717) is 0 Å². The van der Waals surface area contributed by atoms with Gasteiger partial charge in [0.05, 0.1) is 0 Å². The standard InChI is InChI=1S/C10H8.C6H6.CCl4/c1-2-6-10-8-4-3-7-9(10)5-1;1-2-4-6-5-3-1;2-1(3,4)5/h1-8H;1-6H;. The van der Waals surface area contributed by atoms with Gasteiger partial charge in [-0.1, -0.05) is 131 Å². The number of hydrogen-bond donors (Lipinski definition) is 0. The van der Waals surface area contributed by atoms with Gasteiger partial charge in [0, 0.05) is 0 Å². The molecule has 0 bridgehead atoms. The lowest BCUT2D eigenvalue weighted by Crippen LogP contribution is -1.81. The average Bonchev–Trinajstić information content (AvgIpc) is 2.48. The van der Waals surface area contributed by atoms with E-state index in [2.05, 4.69) is 48.5 Å². The highest BCUT2D eigenvalue weighted by atomic mass is 35.6. The first-order valence-corrected chi connectivity index (χ1v) is 7.67. The lowest BCUT2D eigenvalue weighted by molar-refractivity contribution is 1.72. The van der Waals surface area contributed by atoms with Crippen LogP contribution in [0.15, 0.2) is 84.9 Å². The summed E-state index contributed by atoms with van der Waals surface area (Å²) in [5, 5.41) is 2.62. The Morgan fingerprint density at radius 2 is 0.619 bits per heavy atom. The van der Waals surface area contributed by atoms with Crippen LogP contribution in [0, 0.1) is 0 Å². The van der Waals surface area contributed by atoms with E-state index in [4.69, 9.17) is 46.4 Å². The highest BCUT2D eigenvalue weighted by molar-refractivity contribution is 6.83. The van der Waals surface area contributed by atoms with Crippen molar-refractivity contribution in [2.75, 3.05) is 0 Å². The van der Waals surface area contributed by atoms with Gasteiger partial charge in [-0.05, 0) is 10.8 Å². The number of alkyl halides is 4. The molecule has 0 N–H and O–H groups in total. The predicted molar refractivity (Wildman–Crippen MR) is 96.5 cm³/mol. The van der Waals surface area contributed by atoms with Gasteiger partial charge >= 0.3 is 0 Å². The molecule has 3 rings (SSSR count). The van der Waals surface area contributed by atoms with Gasteiger partial charge in [-0.3, -0.25) is 0 Å². The van der Waals surface area contributed by atoms with Crippen molar-refractivity contribution >= 4 is 57.2 Å². The van der Waals surface area contributed by atoms with E-state index in [1.165, 1.54) is 10.8 Å². The molecule has 0 heterocycles. The quantitative estimate of drug-likeness (QED) is 0.376. The van der Waals surface area contributed by atoms with Gasteiger partial charge < -0.3 is 0 Å². The molecule has 3 aromatic carbocycles. The normalized spacial score (nSPS) is 9.90.